The van der Waals surface area contributed by atoms with Crippen molar-refractivity contribution in [3.05, 3.63) is 41.7 Å². The van der Waals surface area contributed by atoms with Gasteiger partial charge < -0.3 is 9.84 Å². The summed E-state index contributed by atoms with van der Waals surface area (Å²) >= 11 is 0. The molecular formula is C15H19NO3. The summed E-state index contributed by atoms with van der Waals surface area (Å²) in [6.45, 7) is 3.91. The SMILES string of the molecule is CCCC(O)=C(C=Nc1ccccc1)C(=O)OCC. The van der Waals surface area contributed by atoms with Crippen LogP contribution in [0.3, 0.4) is 0 Å². The summed E-state index contributed by atoms with van der Waals surface area (Å²) in [5, 5.41) is 9.87. The van der Waals surface area contributed by atoms with Crippen LogP contribution < -0.4 is 0 Å². The van der Waals surface area contributed by atoms with Crippen LogP contribution in [0.4, 0.5) is 5.69 Å². The second kappa shape index (κ2) is 8.08. The van der Waals surface area contributed by atoms with Crippen LogP contribution in [0, 0.1) is 0 Å². The van der Waals surface area contributed by atoms with E-state index in [1.807, 2.05) is 37.3 Å². The molecule has 0 spiro atoms. The van der Waals surface area contributed by atoms with Crippen molar-refractivity contribution in [3.8, 4) is 0 Å². The van der Waals surface area contributed by atoms with Crippen LogP contribution in [0.25, 0.3) is 0 Å². The summed E-state index contributed by atoms with van der Waals surface area (Å²) in [5.74, 6) is -0.534. The van der Waals surface area contributed by atoms with Gasteiger partial charge in [-0.3, -0.25) is 4.99 Å². The smallest absolute Gasteiger partial charge is 0.343 e. The van der Waals surface area contributed by atoms with Crippen molar-refractivity contribution in [2.45, 2.75) is 26.7 Å². The number of hydrogen-bond acceptors (Lipinski definition) is 4. The van der Waals surface area contributed by atoms with Crippen molar-refractivity contribution < 1.29 is 14.6 Å². The third-order valence-electron chi connectivity index (χ3n) is 2.39. The van der Waals surface area contributed by atoms with Crippen molar-refractivity contribution in [1.29, 1.82) is 0 Å². The van der Waals surface area contributed by atoms with E-state index in [-0.39, 0.29) is 17.9 Å². The minimum atomic E-state index is -0.548. The monoisotopic (exact) mass is 261 g/mol. The first-order chi connectivity index (χ1) is 9.19. The predicted octanol–water partition coefficient (Wildman–Crippen LogP) is 3.56. The van der Waals surface area contributed by atoms with Crippen LogP contribution in [0.2, 0.25) is 0 Å². The molecule has 0 saturated carbocycles. The highest BCUT2D eigenvalue weighted by atomic mass is 16.5. The van der Waals surface area contributed by atoms with Crippen molar-refractivity contribution in [3.63, 3.8) is 0 Å². The van der Waals surface area contributed by atoms with Crippen LogP contribution in [-0.4, -0.2) is 23.9 Å². The van der Waals surface area contributed by atoms with E-state index >= 15 is 0 Å². The van der Waals surface area contributed by atoms with E-state index in [0.717, 1.165) is 6.42 Å². The van der Waals surface area contributed by atoms with Crippen molar-refractivity contribution in [2.24, 2.45) is 4.99 Å². The number of allylic oxidation sites excluding steroid dienone is 1. The summed E-state index contributed by atoms with van der Waals surface area (Å²) in [4.78, 5) is 15.9. The highest BCUT2D eigenvalue weighted by molar-refractivity contribution is 6.10. The molecule has 4 nitrogen and oxygen atoms in total. The second-order valence-electron chi connectivity index (χ2n) is 3.92. The first kappa shape index (κ1) is 15.0. The van der Waals surface area contributed by atoms with Gasteiger partial charge in [0.1, 0.15) is 11.3 Å². The topological polar surface area (TPSA) is 58.9 Å². The number of aliphatic hydroxyl groups excluding tert-OH is 1. The quantitative estimate of drug-likeness (QED) is 0.368. The minimum Gasteiger partial charge on any atom is -0.511 e. The van der Waals surface area contributed by atoms with Gasteiger partial charge in [-0.2, -0.15) is 0 Å². The second-order valence-corrected chi connectivity index (χ2v) is 3.92. The lowest BCUT2D eigenvalue weighted by Gasteiger charge is -2.05. The first-order valence-electron chi connectivity index (χ1n) is 6.37. The fourth-order valence-corrected chi connectivity index (χ4v) is 1.48. The number of ether oxygens (including phenoxy) is 1. The van der Waals surface area contributed by atoms with E-state index in [2.05, 4.69) is 4.99 Å². The van der Waals surface area contributed by atoms with Gasteiger partial charge in [0.2, 0.25) is 0 Å². The van der Waals surface area contributed by atoms with E-state index in [0.29, 0.717) is 12.1 Å². The molecule has 0 radical (unpaired) electrons. The fourth-order valence-electron chi connectivity index (χ4n) is 1.48. The number of carbonyl (C=O) groups is 1. The van der Waals surface area contributed by atoms with E-state index in [4.69, 9.17) is 4.74 Å². The molecule has 0 aliphatic carbocycles. The van der Waals surface area contributed by atoms with Crippen LogP contribution >= 0.6 is 0 Å². The van der Waals surface area contributed by atoms with Gasteiger partial charge in [-0.25, -0.2) is 4.79 Å². The number of aliphatic imine (C=N–C) groups is 1. The Morgan fingerprint density at radius 2 is 2.00 bits per heavy atom. The number of aliphatic hydroxyl groups is 1. The fraction of sp³-hybridized carbons (Fsp3) is 0.333. The molecular weight excluding hydrogens is 242 g/mol. The molecule has 0 amide bonds. The summed E-state index contributed by atoms with van der Waals surface area (Å²) in [7, 11) is 0. The Balaban J connectivity index is 2.95. The number of benzene rings is 1. The van der Waals surface area contributed by atoms with Crippen molar-refractivity contribution in [2.75, 3.05) is 6.61 Å². The number of para-hydroxylation sites is 1. The number of carbonyl (C=O) groups excluding carboxylic acids is 1. The standard InChI is InChI=1S/C15H19NO3/c1-3-8-14(17)13(15(18)19-4-2)11-16-12-9-6-5-7-10-12/h5-7,9-11,17H,3-4,8H2,1-2H3. The first-order valence-corrected chi connectivity index (χ1v) is 6.37. The maximum atomic E-state index is 11.7. The van der Waals surface area contributed by atoms with E-state index in [1.54, 1.807) is 6.92 Å². The maximum Gasteiger partial charge on any atom is 0.343 e. The Morgan fingerprint density at radius 1 is 1.32 bits per heavy atom. The lowest BCUT2D eigenvalue weighted by atomic mass is 10.1. The van der Waals surface area contributed by atoms with Gasteiger partial charge in [0.25, 0.3) is 0 Å². The molecule has 0 aliphatic heterocycles. The lowest BCUT2D eigenvalue weighted by molar-refractivity contribution is -0.138. The van der Waals surface area contributed by atoms with E-state index in [1.165, 1.54) is 6.21 Å². The molecule has 1 aromatic carbocycles. The summed E-state index contributed by atoms with van der Waals surface area (Å²) < 4.78 is 4.91. The Morgan fingerprint density at radius 3 is 2.58 bits per heavy atom. The molecule has 19 heavy (non-hydrogen) atoms. The highest BCUT2D eigenvalue weighted by Gasteiger charge is 2.13. The van der Waals surface area contributed by atoms with Gasteiger partial charge in [-0.05, 0) is 25.5 Å². The summed E-state index contributed by atoms with van der Waals surface area (Å²) in [6.07, 6.45) is 2.53. The van der Waals surface area contributed by atoms with Gasteiger partial charge in [-0.15, -0.1) is 0 Å². The number of nitrogens with zero attached hydrogens (tertiary/aromatic N) is 1. The zero-order valence-electron chi connectivity index (χ0n) is 11.3. The van der Waals surface area contributed by atoms with Crippen LogP contribution in [0.5, 0.6) is 0 Å². The number of rotatable bonds is 6. The molecule has 0 atom stereocenters. The number of esters is 1. The molecule has 102 valence electrons. The Bertz CT molecular complexity index is 464. The Labute approximate surface area is 113 Å². The molecule has 0 fully saturated rings. The summed E-state index contributed by atoms with van der Waals surface area (Å²) in [5.41, 5.74) is 0.834. The average Bonchev–Trinajstić information content (AvgIpc) is 2.41. The molecule has 0 heterocycles. The molecule has 4 heteroatoms. The summed E-state index contributed by atoms with van der Waals surface area (Å²) in [6, 6.07) is 9.22. The zero-order chi connectivity index (χ0) is 14.1. The van der Waals surface area contributed by atoms with Gasteiger partial charge in [0.05, 0.1) is 12.3 Å². The minimum absolute atomic E-state index is 0.0145. The van der Waals surface area contributed by atoms with Crippen molar-refractivity contribution >= 4 is 17.9 Å². The third kappa shape index (κ3) is 4.95. The molecule has 0 saturated heterocycles. The lowest BCUT2D eigenvalue weighted by Crippen LogP contribution is -2.11. The van der Waals surface area contributed by atoms with Crippen LogP contribution in [0.1, 0.15) is 26.7 Å². The zero-order valence-corrected chi connectivity index (χ0v) is 11.3. The highest BCUT2D eigenvalue weighted by Crippen LogP contribution is 2.13. The Hall–Kier alpha value is -2.10. The van der Waals surface area contributed by atoms with E-state index in [9.17, 15) is 9.90 Å². The van der Waals surface area contributed by atoms with Gasteiger partial charge in [0.15, 0.2) is 0 Å². The van der Waals surface area contributed by atoms with Crippen LogP contribution in [-0.2, 0) is 9.53 Å². The van der Waals surface area contributed by atoms with Crippen LogP contribution in [0.15, 0.2) is 46.7 Å². The van der Waals surface area contributed by atoms with E-state index < -0.39 is 5.97 Å². The molecule has 1 N–H and O–H groups in total. The Kier molecular flexibility index (Phi) is 6.36. The molecule has 0 unspecified atom stereocenters. The van der Waals surface area contributed by atoms with Crippen molar-refractivity contribution in [1.82, 2.24) is 0 Å². The predicted molar refractivity (Wildman–Crippen MR) is 75.8 cm³/mol. The van der Waals surface area contributed by atoms with Gasteiger partial charge in [-0.1, -0.05) is 25.1 Å². The number of hydrogen-bond donors (Lipinski definition) is 1. The molecule has 0 bridgehead atoms. The average molecular weight is 261 g/mol. The van der Waals surface area contributed by atoms with Gasteiger partial charge in [0, 0.05) is 12.6 Å². The molecule has 1 rings (SSSR count). The third-order valence-corrected chi connectivity index (χ3v) is 2.39. The molecule has 0 aliphatic rings. The normalized spacial score (nSPS) is 12.3. The molecule has 0 aromatic heterocycles. The van der Waals surface area contributed by atoms with Gasteiger partial charge >= 0.3 is 5.97 Å². The largest absolute Gasteiger partial charge is 0.511 e. The molecule has 1 aromatic rings. The maximum absolute atomic E-state index is 11.7.